The maximum atomic E-state index is 12.5. The Morgan fingerprint density at radius 3 is 2.04 bits per heavy atom. The minimum atomic E-state index is -4.62. The van der Waals surface area contributed by atoms with Gasteiger partial charge in [0.05, 0.1) is 4.90 Å². The standard InChI is InChI=1S/C16H21F2NO3S/c17-16(18)23(21,22)14-10-8-12(9-11-14)15(20)19-13-6-4-2-1-3-5-7-13/h8-11,13,16H,1-7H2,(H,19,20). The van der Waals surface area contributed by atoms with Crippen molar-refractivity contribution in [1.82, 2.24) is 5.32 Å². The van der Waals surface area contributed by atoms with Crippen LogP contribution in [0.25, 0.3) is 0 Å². The fourth-order valence-electron chi connectivity index (χ4n) is 2.77. The van der Waals surface area contributed by atoms with Crippen molar-refractivity contribution in [2.24, 2.45) is 0 Å². The lowest BCUT2D eigenvalue weighted by molar-refractivity contribution is 0.0930. The van der Waals surface area contributed by atoms with Crippen molar-refractivity contribution in [3.05, 3.63) is 29.8 Å². The van der Waals surface area contributed by atoms with Gasteiger partial charge in [0.2, 0.25) is 9.84 Å². The minimum absolute atomic E-state index is 0.118. The number of alkyl halides is 2. The second kappa shape index (κ2) is 7.86. The molecule has 1 aliphatic carbocycles. The van der Waals surface area contributed by atoms with E-state index in [-0.39, 0.29) is 17.5 Å². The Kier molecular flexibility index (Phi) is 6.10. The first-order chi connectivity index (χ1) is 10.9. The predicted octanol–water partition coefficient (Wildman–Crippen LogP) is 3.53. The molecule has 7 heteroatoms. The summed E-state index contributed by atoms with van der Waals surface area (Å²) in [7, 11) is -4.62. The normalized spacial score (nSPS) is 17.5. The fraction of sp³-hybridized carbons (Fsp3) is 0.562. The van der Waals surface area contributed by atoms with Crippen molar-refractivity contribution < 1.29 is 22.0 Å². The van der Waals surface area contributed by atoms with Crippen LogP contribution < -0.4 is 5.32 Å². The first kappa shape index (κ1) is 17.8. The van der Waals surface area contributed by atoms with Gasteiger partial charge in [-0.05, 0) is 37.1 Å². The fourth-order valence-corrected chi connectivity index (χ4v) is 3.49. The Hall–Kier alpha value is -1.50. The van der Waals surface area contributed by atoms with Gasteiger partial charge in [-0.2, -0.15) is 8.78 Å². The average molecular weight is 345 g/mol. The summed E-state index contributed by atoms with van der Waals surface area (Å²) in [4.78, 5) is 11.7. The Bertz CT molecular complexity index is 621. The van der Waals surface area contributed by atoms with Crippen LogP contribution in [0, 0.1) is 0 Å². The number of sulfone groups is 1. The highest BCUT2D eigenvalue weighted by atomic mass is 32.2. The summed E-state index contributed by atoms with van der Waals surface area (Å²) in [6, 6.07) is 4.76. The van der Waals surface area contributed by atoms with Crippen LogP contribution in [0.15, 0.2) is 29.2 Å². The number of halogens is 2. The zero-order chi connectivity index (χ0) is 16.9. The molecule has 0 unspecified atom stereocenters. The molecule has 4 nitrogen and oxygen atoms in total. The summed E-state index contributed by atoms with van der Waals surface area (Å²) < 4.78 is 47.6. The van der Waals surface area contributed by atoms with Gasteiger partial charge in [0.15, 0.2) is 0 Å². The van der Waals surface area contributed by atoms with E-state index in [2.05, 4.69) is 5.32 Å². The van der Waals surface area contributed by atoms with Gasteiger partial charge in [0.25, 0.3) is 5.91 Å². The SMILES string of the molecule is O=C(NC1CCCCCCC1)c1ccc(S(=O)(=O)C(F)F)cc1. The lowest BCUT2D eigenvalue weighted by atomic mass is 9.96. The van der Waals surface area contributed by atoms with E-state index in [0.29, 0.717) is 0 Å². The molecule has 1 N–H and O–H groups in total. The Balaban J connectivity index is 2.02. The van der Waals surface area contributed by atoms with Crippen molar-refractivity contribution in [2.75, 3.05) is 0 Å². The maximum Gasteiger partial charge on any atom is 0.341 e. The van der Waals surface area contributed by atoms with Crippen LogP contribution in [0.3, 0.4) is 0 Å². The second-order valence-corrected chi connectivity index (χ2v) is 7.76. The van der Waals surface area contributed by atoms with Crippen LogP contribution in [-0.2, 0) is 9.84 Å². The van der Waals surface area contributed by atoms with E-state index < -0.39 is 20.5 Å². The van der Waals surface area contributed by atoms with E-state index in [1.54, 1.807) is 0 Å². The van der Waals surface area contributed by atoms with Crippen LogP contribution in [0.1, 0.15) is 55.3 Å². The average Bonchev–Trinajstić information content (AvgIpc) is 2.49. The number of carbonyl (C=O) groups is 1. The summed E-state index contributed by atoms with van der Waals surface area (Å²) in [5.41, 5.74) is 0.278. The van der Waals surface area contributed by atoms with Crippen LogP contribution >= 0.6 is 0 Å². The molecular weight excluding hydrogens is 324 g/mol. The van der Waals surface area contributed by atoms with E-state index >= 15 is 0 Å². The molecule has 1 saturated carbocycles. The highest BCUT2D eigenvalue weighted by Gasteiger charge is 2.26. The number of hydrogen-bond acceptors (Lipinski definition) is 3. The first-order valence-electron chi connectivity index (χ1n) is 7.84. The molecule has 1 aromatic carbocycles. The van der Waals surface area contributed by atoms with Crippen LogP contribution in [0.2, 0.25) is 0 Å². The molecule has 0 aromatic heterocycles. The van der Waals surface area contributed by atoms with E-state index in [9.17, 15) is 22.0 Å². The molecule has 0 atom stereocenters. The monoisotopic (exact) mass is 345 g/mol. The molecule has 1 fully saturated rings. The third kappa shape index (κ3) is 4.73. The molecule has 0 radical (unpaired) electrons. The number of carbonyl (C=O) groups excluding carboxylic acids is 1. The Morgan fingerprint density at radius 2 is 1.52 bits per heavy atom. The highest BCUT2D eigenvalue weighted by Crippen LogP contribution is 2.20. The van der Waals surface area contributed by atoms with Gasteiger partial charge in [-0.3, -0.25) is 4.79 Å². The molecule has 0 aliphatic heterocycles. The quantitative estimate of drug-likeness (QED) is 0.908. The van der Waals surface area contributed by atoms with Crippen LogP contribution in [0.4, 0.5) is 8.78 Å². The summed E-state index contributed by atoms with van der Waals surface area (Å²) in [6.45, 7) is 0. The molecule has 23 heavy (non-hydrogen) atoms. The first-order valence-corrected chi connectivity index (χ1v) is 9.39. The van der Waals surface area contributed by atoms with Gasteiger partial charge < -0.3 is 5.32 Å². The summed E-state index contributed by atoms with van der Waals surface area (Å²) >= 11 is 0. The van der Waals surface area contributed by atoms with Crippen molar-refractivity contribution >= 4 is 15.7 Å². The summed E-state index contributed by atoms with van der Waals surface area (Å²) in [6.07, 6.45) is 7.61. The van der Waals surface area contributed by atoms with Gasteiger partial charge in [-0.25, -0.2) is 8.42 Å². The second-order valence-electron chi connectivity index (χ2n) is 5.85. The zero-order valence-corrected chi connectivity index (χ0v) is 13.6. The van der Waals surface area contributed by atoms with E-state index in [0.717, 1.165) is 37.8 Å². The molecule has 128 valence electrons. The van der Waals surface area contributed by atoms with Gasteiger partial charge in [-0.15, -0.1) is 0 Å². The summed E-state index contributed by atoms with van der Waals surface area (Å²) in [5, 5.41) is 2.95. The highest BCUT2D eigenvalue weighted by molar-refractivity contribution is 7.91. The smallest absolute Gasteiger partial charge is 0.341 e. The number of amides is 1. The zero-order valence-electron chi connectivity index (χ0n) is 12.8. The topological polar surface area (TPSA) is 63.2 Å². The molecule has 1 aliphatic rings. The van der Waals surface area contributed by atoms with Gasteiger partial charge >= 0.3 is 5.76 Å². The Labute approximate surface area is 135 Å². The molecule has 1 aromatic rings. The number of hydrogen-bond donors (Lipinski definition) is 1. The van der Waals surface area contributed by atoms with E-state index in [1.807, 2.05) is 0 Å². The number of nitrogens with one attached hydrogen (secondary N) is 1. The van der Waals surface area contributed by atoms with E-state index in [1.165, 1.54) is 31.4 Å². The minimum Gasteiger partial charge on any atom is -0.349 e. The summed E-state index contributed by atoms with van der Waals surface area (Å²) in [5.74, 6) is -3.76. The molecule has 0 bridgehead atoms. The molecule has 0 spiro atoms. The third-order valence-corrected chi connectivity index (χ3v) is 5.52. The van der Waals surface area contributed by atoms with Gasteiger partial charge in [0.1, 0.15) is 0 Å². The van der Waals surface area contributed by atoms with Crippen LogP contribution in [0.5, 0.6) is 0 Å². The number of rotatable bonds is 4. The molecule has 2 rings (SSSR count). The lowest BCUT2D eigenvalue weighted by Crippen LogP contribution is -2.35. The van der Waals surface area contributed by atoms with Gasteiger partial charge in [-0.1, -0.05) is 32.1 Å². The molecular formula is C16H21F2NO3S. The third-order valence-electron chi connectivity index (χ3n) is 4.12. The van der Waals surface area contributed by atoms with Gasteiger partial charge in [0, 0.05) is 11.6 Å². The van der Waals surface area contributed by atoms with E-state index in [4.69, 9.17) is 0 Å². The number of benzene rings is 1. The largest absolute Gasteiger partial charge is 0.349 e. The van der Waals surface area contributed by atoms with Crippen molar-refractivity contribution in [2.45, 2.75) is 61.6 Å². The predicted molar refractivity (Wildman–Crippen MR) is 83.2 cm³/mol. The van der Waals surface area contributed by atoms with Crippen molar-refractivity contribution in [1.29, 1.82) is 0 Å². The van der Waals surface area contributed by atoms with Crippen molar-refractivity contribution in [3.63, 3.8) is 0 Å². The molecule has 0 heterocycles. The molecule has 0 saturated heterocycles. The van der Waals surface area contributed by atoms with Crippen LogP contribution in [-0.4, -0.2) is 26.1 Å². The Morgan fingerprint density at radius 1 is 1.00 bits per heavy atom. The molecule has 1 amide bonds. The maximum absolute atomic E-state index is 12.5. The lowest BCUT2D eigenvalue weighted by Gasteiger charge is -2.21. The van der Waals surface area contributed by atoms with Crippen molar-refractivity contribution in [3.8, 4) is 0 Å².